The van der Waals surface area contributed by atoms with Crippen LogP contribution >= 0.6 is 0 Å². The van der Waals surface area contributed by atoms with Crippen molar-refractivity contribution in [3.8, 4) is 0 Å². The van der Waals surface area contributed by atoms with Crippen molar-refractivity contribution in [2.75, 3.05) is 14.2 Å². The molecule has 4 aliphatic carbocycles. The van der Waals surface area contributed by atoms with E-state index in [2.05, 4.69) is 19.9 Å². The predicted molar refractivity (Wildman–Crippen MR) is 123 cm³/mol. The van der Waals surface area contributed by atoms with Gasteiger partial charge in [-0.1, -0.05) is 25.5 Å². The van der Waals surface area contributed by atoms with Gasteiger partial charge in [-0.15, -0.1) is 0 Å². The van der Waals surface area contributed by atoms with E-state index >= 15 is 0 Å². The van der Waals surface area contributed by atoms with E-state index in [1.165, 1.54) is 26.7 Å². The summed E-state index contributed by atoms with van der Waals surface area (Å²) in [5, 5.41) is 0. The third-order valence-corrected chi connectivity index (χ3v) is 9.92. The number of ketones is 1. The maximum absolute atomic E-state index is 13.3. The molecule has 4 rings (SSSR count). The van der Waals surface area contributed by atoms with Crippen LogP contribution in [0.5, 0.6) is 0 Å². The summed E-state index contributed by atoms with van der Waals surface area (Å²) in [7, 11) is 2.79. The molecule has 0 spiro atoms. The molecule has 8 atom stereocenters. The molecule has 0 heterocycles. The number of fused-ring (bicyclic) bond motifs is 5. The van der Waals surface area contributed by atoms with E-state index in [-0.39, 0.29) is 41.0 Å². The molecule has 6 nitrogen and oxygen atoms in total. The van der Waals surface area contributed by atoms with Gasteiger partial charge in [0.2, 0.25) is 0 Å². The lowest BCUT2D eigenvalue weighted by Crippen LogP contribution is -2.51. The normalized spacial score (nSPS) is 40.5. The average Bonchev–Trinajstić information content (AvgIpc) is 3.14. The Bertz CT molecular complexity index is 832. The Kier molecular flexibility index (Phi) is 6.78. The van der Waals surface area contributed by atoms with E-state index in [1.807, 2.05) is 0 Å². The highest BCUT2D eigenvalue weighted by Crippen LogP contribution is 2.66. The Morgan fingerprint density at radius 1 is 1.06 bits per heavy atom. The topological polar surface area (TPSA) is 78.9 Å². The molecule has 0 N–H and O–H groups in total. The molecule has 0 bridgehead atoms. The second-order valence-electron chi connectivity index (χ2n) is 11.3. The average molecular weight is 461 g/mol. The summed E-state index contributed by atoms with van der Waals surface area (Å²) in [6, 6.07) is 0. The van der Waals surface area contributed by atoms with Gasteiger partial charge < -0.3 is 14.2 Å². The number of rotatable bonds is 6. The van der Waals surface area contributed by atoms with Crippen LogP contribution in [0.1, 0.15) is 78.6 Å². The van der Waals surface area contributed by atoms with Crippen LogP contribution in [-0.2, 0) is 28.6 Å². The number of carbonyl (C=O) groups is 3. The number of hydrogen-bond donors (Lipinski definition) is 0. The molecule has 33 heavy (non-hydrogen) atoms. The van der Waals surface area contributed by atoms with Crippen LogP contribution in [-0.4, -0.2) is 44.1 Å². The van der Waals surface area contributed by atoms with Crippen molar-refractivity contribution in [3.63, 3.8) is 0 Å². The summed E-state index contributed by atoms with van der Waals surface area (Å²) in [5.41, 5.74) is 1.65. The molecule has 0 saturated heterocycles. The van der Waals surface area contributed by atoms with Gasteiger partial charge in [-0.2, -0.15) is 0 Å². The minimum atomic E-state index is -0.812. The number of esters is 2. The van der Waals surface area contributed by atoms with Gasteiger partial charge in [0.15, 0.2) is 6.10 Å². The smallest absolute Gasteiger partial charge is 0.335 e. The van der Waals surface area contributed by atoms with Crippen LogP contribution in [0.15, 0.2) is 11.6 Å². The van der Waals surface area contributed by atoms with Crippen molar-refractivity contribution in [2.45, 2.75) is 90.8 Å². The molecule has 0 aromatic rings. The molecule has 6 heteroatoms. The number of Topliss-reactive ketones (excluding diaryl/α,β-unsaturated/α-hetero) is 1. The minimum absolute atomic E-state index is 0.0105. The summed E-state index contributed by atoms with van der Waals surface area (Å²) in [5.74, 6) is 1.24. The second-order valence-corrected chi connectivity index (χ2v) is 11.3. The van der Waals surface area contributed by atoms with E-state index in [4.69, 9.17) is 14.2 Å². The standard InChI is InChI=1S/C27H40O6/c1-16(28)33-18-10-12-26(2)17(14-18)6-7-19-20-8-9-22(27(20,3)13-11-21(19)26)23(29)15-24(31-4)25(30)32-5/h6,18-22,24H,7-15H2,1-5H3/t18-,19+,20+,21+,22-,24+,26+,27+/m1/s1. The number of methoxy groups -OCH3 is 2. The van der Waals surface area contributed by atoms with Crippen molar-refractivity contribution in [1.29, 1.82) is 0 Å². The van der Waals surface area contributed by atoms with E-state index in [9.17, 15) is 14.4 Å². The Morgan fingerprint density at radius 3 is 2.48 bits per heavy atom. The summed E-state index contributed by atoms with van der Waals surface area (Å²) in [6.07, 6.45) is 9.86. The molecule has 0 aromatic heterocycles. The minimum Gasteiger partial charge on any atom is -0.467 e. The first-order valence-electron chi connectivity index (χ1n) is 12.6. The summed E-state index contributed by atoms with van der Waals surface area (Å²) >= 11 is 0. The number of carbonyl (C=O) groups excluding carboxylic acids is 3. The number of hydrogen-bond acceptors (Lipinski definition) is 6. The fraction of sp³-hybridized carbons (Fsp3) is 0.815. The quantitative estimate of drug-likeness (QED) is 0.424. The molecule has 0 radical (unpaired) electrons. The molecule has 184 valence electrons. The highest BCUT2D eigenvalue weighted by molar-refractivity contribution is 5.88. The summed E-state index contributed by atoms with van der Waals surface area (Å²) < 4.78 is 15.6. The van der Waals surface area contributed by atoms with Gasteiger partial charge in [0.05, 0.1) is 7.11 Å². The molecule has 0 unspecified atom stereocenters. The number of allylic oxidation sites excluding steroid dienone is 1. The zero-order valence-electron chi connectivity index (χ0n) is 20.9. The van der Waals surface area contributed by atoms with Crippen LogP contribution < -0.4 is 0 Å². The van der Waals surface area contributed by atoms with Gasteiger partial charge >= 0.3 is 11.9 Å². The predicted octanol–water partition coefficient (Wildman–Crippen LogP) is 4.64. The molecule has 0 aliphatic heterocycles. The van der Waals surface area contributed by atoms with Gasteiger partial charge in [0.1, 0.15) is 11.9 Å². The third kappa shape index (κ3) is 4.17. The van der Waals surface area contributed by atoms with Crippen LogP contribution in [0.25, 0.3) is 0 Å². The van der Waals surface area contributed by atoms with Crippen LogP contribution in [0.3, 0.4) is 0 Å². The van der Waals surface area contributed by atoms with Crippen LogP contribution in [0.2, 0.25) is 0 Å². The van der Waals surface area contributed by atoms with Crippen molar-refractivity contribution in [2.24, 2.45) is 34.5 Å². The van der Waals surface area contributed by atoms with Crippen LogP contribution in [0.4, 0.5) is 0 Å². The molecule has 0 aromatic carbocycles. The van der Waals surface area contributed by atoms with Gasteiger partial charge in [0, 0.05) is 32.8 Å². The summed E-state index contributed by atoms with van der Waals surface area (Å²) in [6.45, 7) is 6.25. The third-order valence-electron chi connectivity index (χ3n) is 9.92. The van der Waals surface area contributed by atoms with Gasteiger partial charge in [-0.05, 0) is 73.5 Å². The van der Waals surface area contributed by atoms with E-state index in [0.717, 1.165) is 51.4 Å². The first kappa shape index (κ1) is 24.4. The Labute approximate surface area is 197 Å². The molecular weight excluding hydrogens is 420 g/mol. The zero-order chi connectivity index (χ0) is 24.0. The van der Waals surface area contributed by atoms with Crippen molar-refractivity contribution < 1.29 is 28.6 Å². The van der Waals surface area contributed by atoms with E-state index in [0.29, 0.717) is 17.8 Å². The fourth-order valence-electron chi connectivity index (χ4n) is 8.21. The SMILES string of the molecule is COC(=O)[C@H](CC(=O)[C@H]1CC[C@H]2[C@@H]3CC=C4C[C@H](OC(C)=O)CC[C@]4(C)[C@H]3CC[C@]12C)OC. The lowest BCUT2D eigenvalue weighted by atomic mass is 9.47. The van der Waals surface area contributed by atoms with Crippen molar-refractivity contribution in [1.82, 2.24) is 0 Å². The maximum atomic E-state index is 13.3. The first-order chi connectivity index (χ1) is 15.6. The summed E-state index contributed by atoms with van der Waals surface area (Å²) in [4.78, 5) is 36.8. The monoisotopic (exact) mass is 460 g/mol. The Morgan fingerprint density at radius 2 is 1.82 bits per heavy atom. The van der Waals surface area contributed by atoms with Gasteiger partial charge in [-0.25, -0.2) is 4.79 Å². The Balaban J connectivity index is 1.50. The largest absolute Gasteiger partial charge is 0.467 e. The molecule has 3 saturated carbocycles. The number of ether oxygens (including phenoxy) is 3. The lowest BCUT2D eigenvalue weighted by Gasteiger charge is -2.58. The molecule has 3 fully saturated rings. The van der Waals surface area contributed by atoms with Crippen molar-refractivity contribution >= 4 is 17.7 Å². The zero-order valence-corrected chi connectivity index (χ0v) is 20.9. The van der Waals surface area contributed by atoms with Crippen molar-refractivity contribution in [3.05, 3.63) is 11.6 Å². The first-order valence-corrected chi connectivity index (χ1v) is 12.6. The lowest BCUT2D eigenvalue weighted by molar-refractivity contribution is -0.155. The van der Waals surface area contributed by atoms with E-state index in [1.54, 1.807) is 0 Å². The van der Waals surface area contributed by atoms with Crippen LogP contribution in [0, 0.1) is 34.5 Å². The van der Waals surface area contributed by atoms with Gasteiger partial charge in [-0.3, -0.25) is 9.59 Å². The molecular formula is C27H40O6. The van der Waals surface area contributed by atoms with Gasteiger partial charge in [0.25, 0.3) is 0 Å². The fourth-order valence-corrected chi connectivity index (χ4v) is 8.21. The van der Waals surface area contributed by atoms with E-state index < -0.39 is 12.1 Å². The maximum Gasteiger partial charge on any atom is 0.335 e. The highest BCUT2D eigenvalue weighted by atomic mass is 16.6. The Hall–Kier alpha value is -1.69. The molecule has 4 aliphatic rings. The highest BCUT2D eigenvalue weighted by Gasteiger charge is 2.60. The molecule has 0 amide bonds. The second kappa shape index (κ2) is 9.16.